The van der Waals surface area contributed by atoms with Crippen LogP contribution >= 0.6 is 0 Å². The number of carbonyl (C=O) groups excluding carboxylic acids is 1. The number of nitrogens with zero attached hydrogens (tertiary/aromatic N) is 2. The van der Waals surface area contributed by atoms with Crippen LogP contribution in [0.1, 0.15) is 15.9 Å². The van der Waals surface area contributed by atoms with E-state index in [0.717, 1.165) is 0 Å². The SMILES string of the molecule is O=C(c1ccc2[nH]c(=O)[nH]c2c1)N1CCc2c1cccc2[N+](=O)[O-]. The molecule has 0 fully saturated rings. The van der Waals surface area contributed by atoms with Crippen molar-refractivity contribution in [2.75, 3.05) is 11.4 Å². The monoisotopic (exact) mass is 324 g/mol. The molecule has 2 heterocycles. The first-order chi connectivity index (χ1) is 11.5. The molecule has 8 nitrogen and oxygen atoms in total. The molecule has 0 aliphatic carbocycles. The molecule has 1 aliphatic heterocycles. The van der Waals surface area contributed by atoms with Crippen molar-refractivity contribution in [3.05, 3.63) is 68.1 Å². The Morgan fingerprint density at radius 2 is 1.96 bits per heavy atom. The van der Waals surface area contributed by atoms with Gasteiger partial charge in [-0.1, -0.05) is 6.07 Å². The number of fused-ring (bicyclic) bond motifs is 2. The Hall–Kier alpha value is -3.42. The van der Waals surface area contributed by atoms with Crippen LogP contribution in [0.15, 0.2) is 41.2 Å². The lowest BCUT2D eigenvalue weighted by Crippen LogP contribution is -2.28. The molecule has 0 unspecified atom stereocenters. The summed E-state index contributed by atoms with van der Waals surface area (Å²) >= 11 is 0. The summed E-state index contributed by atoms with van der Waals surface area (Å²) < 4.78 is 0. The molecule has 120 valence electrons. The summed E-state index contributed by atoms with van der Waals surface area (Å²) in [5.41, 5.74) is 2.42. The topological polar surface area (TPSA) is 112 Å². The van der Waals surface area contributed by atoms with Crippen LogP contribution in [-0.4, -0.2) is 27.3 Å². The van der Waals surface area contributed by atoms with E-state index >= 15 is 0 Å². The van der Waals surface area contributed by atoms with Crippen LogP contribution in [0, 0.1) is 10.1 Å². The molecule has 1 amide bonds. The third-order valence-corrected chi connectivity index (χ3v) is 4.21. The molecule has 0 radical (unpaired) electrons. The van der Waals surface area contributed by atoms with Crippen LogP contribution in [0.25, 0.3) is 11.0 Å². The van der Waals surface area contributed by atoms with Crippen molar-refractivity contribution in [1.29, 1.82) is 0 Å². The number of anilines is 1. The van der Waals surface area contributed by atoms with Crippen LogP contribution in [0.5, 0.6) is 0 Å². The lowest BCUT2D eigenvalue weighted by molar-refractivity contribution is -0.385. The molecule has 24 heavy (non-hydrogen) atoms. The van der Waals surface area contributed by atoms with E-state index in [1.165, 1.54) is 11.0 Å². The van der Waals surface area contributed by atoms with Gasteiger partial charge in [0.15, 0.2) is 0 Å². The quantitative estimate of drug-likeness (QED) is 0.554. The highest BCUT2D eigenvalue weighted by molar-refractivity contribution is 6.08. The summed E-state index contributed by atoms with van der Waals surface area (Å²) in [6.07, 6.45) is 0.446. The number of carbonyl (C=O) groups is 1. The minimum atomic E-state index is -0.427. The molecule has 0 spiro atoms. The maximum atomic E-state index is 12.8. The highest BCUT2D eigenvalue weighted by atomic mass is 16.6. The number of nitrogens with one attached hydrogen (secondary N) is 2. The molecule has 2 aromatic carbocycles. The number of H-pyrrole nitrogens is 2. The summed E-state index contributed by atoms with van der Waals surface area (Å²) in [7, 11) is 0. The zero-order valence-corrected chi connectivity index (χ0v) is 12.4. The fourth-order valence-corrected chi connectivity index (χ4v) is 3.12. The van der Waals surface area contributed by atoms with Gasteiger partial charge in [-0.05, 0) is 30.7 Å². The first-order valence-corrected chi connectivity index (χ1v) is 7.35. The highest BCUT2D eigenvalue weighted by Crippen LogP contribution is 2.35. The molecule has 0 saturated carbocycles. The zero-order valence-electron chi connectivity index (χ0n) is 12.4. The molecule has 4 rings (SSSR count). The van der Waals surface area contributed by atoms with Gasteiger partial charge in [0.05, 0.1) is 27.2 Å². The van der Waals surface area contributed by atoms with E-state index in [1.807, 2.05) is 0 Å². The van der Waals surface area contributed by atoms with Gasteiger partial charge >= 0.3 is 5.69 Å². The minimum absolute atomic E-state index is 0.0354. The first kappa shape index (κ1) is 14.2. The standard InChI is InChI=1S/C16H12N4O4/c21-15(9-4-5-11-12(8-9)18-16(22)17-11)19-7-6-10-13(19)2-1-3-14(10)20(23)24/h1-5,8H,6-7H2,(H2,17,18,22). The van der Waals surface area contributed by atoms with Gasteiger partial charge in [0.25, 0.3) is 11.6 Å². The van der Waals surface area contributed by atoms with Crippen molar-refractivity contribution in [2.24, 2.45) is 0 Å². The third-order valence-electron chi connectivity index (χ3n) is 4.21. The van der Waals surface area contributed by atoms with E-state index < -0.39 is 4.92 Å². The second-order valence-corrected chi connectivity index (χ2v) is 5.58. The normalized spacial score (nSPS) is 13.2. The van der Waals surface area contributed by atoms with Gasteiger partial charge in [-0.15, -0.1) is 0 Å². The maximum Gasteiger partial charge on any atom is 0.323 e. The van der Waals surface area contributed by atoms with Crippen molar-refractivity contribution in [2.45, 2.75) is 6.42 Å². The van der Waals surface area contributed by atoms with E-state index in [0.29, 0.717) is 40.8 Å². The average Bonchev–Trinajstić information content (AvgIpc) is 3.15. The Morgan fingerprint density at radius 3 is 2.75 bits per heavy atom. The van der Waals surface area contributed by atoms with Crippen molar-refractivity contribution >= 4 is 28.3 Å². The van der Waals surface area contributed by atoms with Gasteiger partial charge in [0.1, 0.15) is 0 Å². The summed E-state index contributed by atoms with van der Waals surface area (Å²) in [6.45, 7) is 0.390. The van der Waals surface area contributed by atoms with E-state index in [2.05, 4.69) is 9.97 Å². The number of amides is 1. The Bertz CT molecular complexity index is 1050. The molecule has 2 N–H and O–H groups in total. The van der Waals surface area contributed by atoms with E-state index in [9.17, 15) is 19.7 Å². The largest absolute Gasteiger partial charge is 0.323 e. The zero-order chi connectivity index (χ0) is 16.8. The molecule has 0 bridgehead atoms. The molecular formula is C16H12N4O4. The molecule has 8 heteroatoms. The second kappa shape index (κ2) is 5.05. The van der Waals surface area contributed by atoms with Crippen LogP contribution in [0.4, 0.5) is 11.4 Å². The predicted octanol–water partition coefficient (Wildman–Crippen LogP) is 1.97. The summed E-state index contributed by atoms with van der Waals surface area (Å²) in [4.78, 5) is 41.6. The van der Waals surface area contributed by atoms with Gasteiger partial charge in [-0.25, -0.2) is 4.79 Å². The van der Waals surface area contributed by atoms with Gasteiger partial charge in [-0.3, -0.25) is 14.9 Å². The number of aromatic nitrogens is 2. The van der Waals surface area contributed by atoms with E-state index in [4.69, 9.17) is 0 Å². The van der Waals surface area contributed by atoms with Crippen molar-refractivity contribution in [3.8, 4) is 0 Å². The molecule has 0 atom stereocenters. The minimum Gasteiger partial charge on any atom is -0.307 e. The smallest absolute Gasteiger partial charge is 0.307 e. The number of hydrogen-bond acceptors (Lipinski definition) is 4. The van der Waals surface area contributed by atoms with Gasteiger partial charge in [0, 0.05) is 18.2 Å². The van der Waals surface area contributed by atoms with Crippen molar-refractivity contribution < 1.29 is 9.72 Å². The Labute approximate surface area is 134 Å². The number of hydrogen-bond donors (Lipinski definition) is 2. The molecule has 1 aliphatic rings. The first-order valence-electron chi connectivity index (χ1n) is 7.35. The molecule has 0 saturated heterocycles. The van der Waals surface area contributed by atoms with Gasteiger partial charge < -0.3 is 14.9 Å². The lowest BCUT2D eigenvalue weighted by Gasteiger charge is -2.17. The fraction of sp³-hybridized carbons (Fsp3) is 0.125. The number of nitro benzene ring substituents is 1. The number of nitro groups is 1. The van der Waals surface area contributed by atoms with Crippen LogP contribution in [-0.2, 0) is 6.42 Å². The Balaban J connectivity index is 1.75. The third kappa shape index (κ3) is 2.08. The molecular weight excluding hydrogens is 312 g/mol. The maximum absolute atomic E-state index is 12.8. The summed E-state index contributed by atoms with van der Waals surface area (Å²) in [5.74, 6) is -0.252. The van der Waals surface area contributed by atoms with Gasteiger partial charge in [0.2, 0.25) is 0 Å². The predicted molar refractivity (Wildman–Crippen MR) is 87.4 cm³/mol. The van der Waals surface area contributed by atoms with Crippen LogP contribution in [0.2, 0.25) is 0 Å². The molecule has 1 aromatic heterocycles. The number of imidazole rings is 1. The molecule has 3 aromatic rings. The van der Waals surface area contributed by atoms with Gasteiger partial charge in [-0.2, -0.15) is 0 Å². The lowest BCUT2D eigenvalue weighted by atomic mass is 10.1. The summed E-state index contributed by atoms with van der Waals surface area (Å²) in [6, 6.07) is 9.63. The van der Waals surface area contributed by atoms with E-state index in [1.54, 1.807) is 30.3 Å². The highest BCUT2D eigenvalue weighted by Gasteiger charge is 2.30. The van der Waals surface area contributed by atoms with Crippen molar-refractivity contribution in [3.63, 3.8) is 0 Å². The number of aromatic amines is 2. The fourth-order valence-electron chi connectivity index (χ4n) is 3.12. The summed E-state index contributed by atoms with van der Waals surface area (Å²) in [5, 5.41) is 11.1. The number of rotatable bonds is 2. The Kier molecular flexibility index (Phi) is 2.99. The van der Waals surface area contributed by atoms with Crippen molar-refractivity contribution in [1.82, 2.24) is 9.97 Å². The average molecular weight is 324 g/mol. The Morgan fingerprint density at radius 1 is 1.17 bits per heavy atom. The van der Waals surface area contributed by atoms with Crippen LogP contribution in [0.3, 0.4) is 0 Å². The second-order valence-electron chi connectivity index (χ2n) is 5.58. The van der Waals surface area contributed by atoms with E-state index in [-0.39, 0.29) is 17.3 Å². The number of benzene rings is 2. The van der Waals surface area contributed by atoms with Crippen LogP contribution < -0.4 is 10.6 Å².